The van der Waals surface area contributed by atoms with E-state index in [1.165, 1.54) is 15.6 Å². The number of thiophene rings is 1. The van der Waals surface area contributed by atoms with Crippen LogP contribution in [0.2, 0.25) is 0 Å². The molecule has 1 aromatic carbocycles. The molecule has 0 atom stereocenters. The molecule has 2 aromatic rings. The smallest absolute Gasteiger partial charge is 0.266 e. The number of anilines is 1. The molecule has 102 valence electrons. The van der Waals surface area contributed by atoms with Crippen molar-refractivity contribution in [1.29, 1.82) is 0 Å². The first-order chi connectivity index (χ1) is 8.95. The Hall–Kier alpha value is -1.33. The highest BCUT2D eigenvalue weighted by molar-refractivity contribution is 7.94. The Morgan fingerprint density at radius 3 is 2.26 bits per heavy atom. The lowest BCUT2D eigenvalue weighted by Gasteiger charge is -2.22. The maximum Gasteiger partial charge on any atom is 0.273 e. The molecule has 3 nitrogen and oxygen atoms in total. The Morgan fingerprint density at radius 1 is 1.16 bits per heavy atom. The molecule has 1 heterocycles. The normalized spacial score (nSPS) is 11.5. The van der Waals surface area contributed by atoms with Gasteiger partial charge in [0, 0.05) is 6.54 Å². The van der Waals surface area contributed by atoms with Crippen molar-refractivity contribution in [2.75, 3.05) is 10.8 Å². The summed E-state index contributed by atoms with van der Waals surface area (Å²) in [6.45, 7) is 6.22. The van der Waals surface area contributed by atoms with Gasteiger partial charge in [0.05, 0.1) is 5.69 Å². The fraction of sp³-hybridized carbons (Fsp3) is 0.286. The van der Waals surface area contributed by atoms with Crippen molar-refractivity contribution in [1.82, 2.24) is 0 Å². The number of sulfonamides is 1. The molecule has 0 amide bonds. The summed E-state index contributed by atoms with van der Waals surface area (Å²) >= 11 is 1.25. The van der Waals surface area contributed by atoms with Gasteiger partial charge in [-0.1, -0.05) is 12.1 Å². The summed E-state index contributed by atoms with van der Waals surface area (Å²) < 4.78 is 27.0. The first kappa shape index (κ1) is 14.1. The summed E-state index contributed by atoms with van der Waals surface area (Å²) in [5, 5.41) is 1.78. The molecule has 2 rings (SSSR count). The molecule has 0 bridgehead atoms. The highest BCUT2D eigenvalue weighted by atomic mass is 32.2. The average Bonchev–Trinajstić information content (AvgIpc) is 2.81. The Balaban J connectivity index is 2.51. The van der Waals surface area contributed by atoms with Crippen molar-refractivity contribution in [2.45, 2.75) is 25.0 Å². The predicted molar refractivity (Wildman–Crippen MR) is 80.4 cm³/mol. The van der Waals surface area contributed by atoms with E-state index < -0.39 is 10.0 Å². The molecule has 0 fully saturated rings. The zero-order valence-electron chi connectivity index (χ0n) is 11.3. The van der Waals surface area contributed by atoms with Crippen LogP contribution in [0.15, 0.2) is 39.9 Å². The van der Waals surface area contributed by atoms with E-state index in [0.717, 1.165) is 16.8 Å². The largest absolute Gasteiger partial charge is 0.273 e. The van der Waals surface area contributed by atoms with Crippen LogP contribution < -0.4 is 4.31 Å². The van der Waals surface area contributed by atoms with Crippen molar-refractivity contribution >= 4 is 27.0 Å². The first-order valence-corrected chi connectivity index (χ1v) is 8.41. The molecule has 0 saturated carbocycles. The molecule has 0 aliphatic heterocycles. The van der Waals surface area contributed by atoms with Gasteiger partial charge < -0.3 is 0 Å². The summed E-state index contributed by atoms with van der Waals surface area (Å²) in [4.78, 5) is 0. The molecule has 0 radical (unpaired) electrons. The topological polar surface area (TPSA) is 37.4 Å². The molecule has 5 heteroatoms. The Bertz CT molecular complexity index is 641. The molecule has 0 N–H and O–H groups in total. The van der Waals surface area contributed by atoms with Gasteiger partial charge in [0.2, 0.25) is 0 Å². The molecule has 0 aliphatic rings. The fourth-order valence-corrected chi connectivity index (χ4v) is 4.67. The lowest BCUT2D eigenvalue weighted by atomic mass is 10.1. The summed E-state index contributed by atoms with van der Waals surface area (Å²) in [5.74, 6) is 0. The molecule has 0 spiro atoms. The minimum Gasteiger partial charge on any atom is -0.266 e. The molecular weight excluding hydrogens is 278 g/mol. The number of nitrogens with zero attached hydrogens (tertiary/aromatic N) is 1. The summed E-state index contributed by atoms with van der Waals surface area (Å²) in [6.07, 6.45) is 0. The maximum atomic E-state index is 12.6. The van der Waals surface area contributed by atoms with E-state index >= 15 is 0 Å². The molecule has 0 aliphatic carbocycles. The van der Waals surface area contributed by atoms with Gasteiger partial charge in [0.15, 0.2) is 0 Å². The van der Waals surface area contributed by atoms with Crippen molar-refractivity contribution < 1.29 is 8.42 Å². The zero-order valence-corrected chi connectivity index (χ0v) is 12.9. The molecular formula is C14H17NO2S2. The molecule has 0 saturated heterocycles. The third-order valence-electron chi connectivity index (χ3n) is 2.82. The van der Waals surface area contributed by atoms with Gasteiger partial charge in [-0.25, -0.2) is 8.42 Å². The minimum absolute atomic E-state index is 0.383. The van der Waals surface area contributed by atoms with Gasteiger partial charge in [-0.15, -0.1) is 11.3 Å². The van der Waals surface area contributed by atoms with Crippen molar-refractivity contribution in [3.8, 4) is 0 Å². The zero-order chi connectivity index (χ0) is 14.0. The van der Waals surface area contributed by atoms with Crippen LogP contribution in [0.5, 0.6) is 0 Å². The molecule has 1 aromatic heterocycles. The van der Waals surface area contributed by atoms with E-state index in [2.05, 4.69) is 0 Å². The van der Waals surface area contributed by atoms with Crippen LogP contribution in [0.25, 0.3) is 0 Å². The van der Waals surface area contributed by atoms with Crippen molar-refractivity contribution in [3.63, 3.8) is 0 Å². The second-order valence-corrected chi connectivity index (χ2v) is 7.48. The fourth-order valence-electron chi connectivity index (χ4n) is 2.10. The quantitative estimate of drug-likeness (QED) is 0.864. The molecule has 19 heavy (non-hydrogen) atoms. The summed E-state index contributed by atoms with van der Waals surface area (Å²) in [5.41, 5.74) is 2.86. The second kappa shape index (κ2) is 5.35. The standard InChI is InChI=1S/C14H17NO2S2/c1-4-15(13-9-11(2)8-12(3)10-13)19(16,17)14-6-5-7-18-14/h5-10H,4H2,1-3H3. The van der Waals surface area contributed by atoms with Crippen LogP contribution >= 0.6 is 11.3 Å². The van der Waals surface area contributed by atoms with E-state index in [4.69, 9.17) is 0 Å². The number of hydrogen-bond donors (Lipinski definition) is 0. The average molecular weight is 295 g/mol. The number of rotatable bonds is 4. The number of aryl methyl sites for hydroxylation is 2. The van der Waals surface area contributed by atoms with E-state index in [-0.39, 0.29) is 0 Å². The highest BCUT2D eigenvalue weighted by Gasteiger charge is 2.24. The van der Waals surface area contributed by atoms with Crippen LogP contribution in [0.3, 0.4) is 0 Å². The number of benzene rings is 1. The van der Waals surface area contributed by atoms with Gasteiger partial charge in [-0.05, 0) is 55.5 Å². The Kier molecular flexibility index (Phi) is 3.96. The highest BCUT2D eigenvalue weighted by Crippen LogP contribution is 2.27. The van der Waals surface area contributed by atoms with Gasteiger partial charge in [-0.3, -0.25) is 4.31 Å². The minimum atomic E-state index is -3.44. The lowest BCUT2D eigenvalue weighted by Crippen LogP contribution is -2.30. The van der Waals surface area contributed by atoms with Gasteiger partial charge >= 0.3 is 0 Å². The Morgan fingerprint density at radius 2 is 1.79 bits per heavy atom. The Labute approximate surface area is 118 Å². The molecule has 0 unspecified atom stereocenters. The van der Waals surface area contributed by atoms with Gasteiger partial charge in [-0.2, -0.15) is 0 Å². The van der Waals surface area contributed by atoms with Crippen molar-refractivity contribution in [3.05, 3.63) is 46.8 Å². The van der Waals surface area contributed by atoms with E-state index in [0.29, 0.717) is 10.8 Å². The lowest BCUT2D eigenvalue weighted by molar-refractivity contribution is 0.594. The summed E-state index contributed by atoms with van der Waals surface area (Å²) in [7, 11) is -3.44. The van der Waals surface area contributed by atoms with Crippen LogP contribution in [-0.4, -0.2) is 15.0 Å². The van der Waals surface area contributed by atoms with Gasteiger partial charge in [0.25, 0.3) is 10.0 Å². The third-order valence-corrected chi connectivity index (χ3v) is 6.10. The predicted octanol–water partition coefficient (Wildman–Crippen LogP) is 3.58. The summed E-state index contributed by atoms with van der Waals surface area (Å²) in [6, 6.07) is 9.25. The van der Waals surface area contributed by atoms with Crippen LogP contribution in [-0.2, 0) is 10.0 Å². The maximum absolute atomic E-state index is 12.6. The number of hydrogen-bond acceptors (Lipinski definition) is 3. The van der Waals surface area contributed by atoms with E-state index in [1.54, 1.807) is 17.5 Å². The van der Waals surface area contributed by atoms with Gasteiger partial charge in [0.1, 0.15) is 4.21 Å². The second-order valence-electron chi connectivity index (χ2n) is 4.45. The van der Waals surface area contributed by atoms with Crippen molar-refractivity contribution in [2.24, 2.45) is 0 Å². The third kappa shape index (κ3) is 2.82. The van der Waals surface area contributed by atoms with Crippen LogP contribution in [0, 0.1) is 13.8 Å². The SMILES string of the molecule is CCN(c1cc(C)cc(C)c1)S(=O)(=O)c1cccs1. The van der Waals surface area contributed by atoms with Crippen LogP contribution in [0.1, 0.15) is 18.1 Å². The van der Waals surface area contributed by atoms with Crippen LogP contribution in [0.4, 0.5) is 5.69 Å². The first-order valence-electron chi connectivity index (χ1n) is 6.09. The monoisotopic (exact) mass is 295 g/mol. The van der Waals surface area contributed by atoms with E-state index in [1.807, 2.05) is 39.0 Å². The van der Waals surface area contributed by atoms with E-state index in [9.17, 15) is 8.42 Å².